The zero-order chi connectivity index (χ0) is 24.1. The summed E-state index contributed by atoms with van der Waals surface area (Å²) in [7, 11) is 0. The summed E-state index contributed by atoms with van der Waals surface area (Å²) in [6.45, 7) is 12.7. The van der Waals surface area contributed by atoms with Crippen molar-refractivity contribution in [1.29, 1.82) is 0 Å². The predicted molar refractivity (Wildman–Crippen MR) is 125 cm³/mol. The molecule has 0 aliphatic rings. The number of anilines is 1. The maximum absolute atomic E-state index is 13.1. The molecule has 4 nitrogen and oxygen atoms in total. The Morgan fingerprint density at radius 1 is 0.844 bits per heavy atom. The lowest BCUT2D eigenvalue weighted by Crippen LogP contribution is -2.44. The van der Waals surface area contributed by atoms with E-state index < -0.39 is 11.7 Å². The molecule has 0 fully saturated rings. The molecule has 2 rings (SSSR count). The average molecular weight is 471 g/mol. The Hall–Kier alpha value is -1.89. The Labute approximate surface area is 194 Å². The highest BCUT2D eigenvalue weighted by molar-refractivity contribution is 6.33. The van der Waals surface area contributed by atoms with Crippen LogP contribution in [-0.2, 0) is 19.0 Å². The van der Waals surface area contributed by atoms with Gasteiger partial charge >= 0.3 is 6.18 Å². The van der Waals surface area contributed by atoms with Crippen LogP contribution in [0.25, 0.3) is 11.4 Å². The molecule has 0 unspecified atom stereocenters. The molecule has 0 saturated heterocycles. The second-order valence-corrected chi connectivity index (χ2v) is 8.30. The SMILES string of the molecule is CCc1nc(N(C(CC)CC)C(CC)CC)c(CC)nc1-c1ncc(C(F)(F)F)cc1Cl. The molecule has 0 saturated carbocycles. The van der Waals surface area contributed by atoms with Gasteiger partial charge in [0.25, 0.3) is 0 Å². The zero-order valence-electron chi connectivity index (χ0n) is 19.9. The summed E-state index contributed by atoms with van der Waals surface area (Å²) in [6, 6.07) is 1.58. The molecule has 8 heteroatoms. The van der Waals surface area contributed by atoms with Crippen LogP contribution in [-0.4, -0.2) is 27.0 Å². The summed E-state index contributed by atoms with van der Waals surface area (Å²) >= 11 is 6.25. The number of aromatic nitrogens is 3. The maximum atomic E-state index is 13.1. The van der Waals surface area contributed by atoms with Gasteiger partial charge in [-0.3, -0.25) is 4.98 Å². The van der Waals surface area contributed by atoms with E-state index in [4.69, 9.17) is 21.6 Å². The molecule has 2 heterocycles. The molecule has 2 aromatic rings. The van der Waals surface area contributed by atoms with E-state index in [1.807, 2.05) is 13.8 Å². The zero-order valence-corrected chi connectivity index (χ0v) is 20.6. The fourth-order valence-corrected chi connectivity index (χ4v) is 4.41. The van der Waals surface area contributed by atoms with E-state index >= 15 is 0 Å². The molecule has 0 aliphatic heterocycles. The largest absolute Gasteiger partial charge is 0.417 e. The average Bonchev–Trinajstić information content (AvgIpc) is 2.78. The lowest BCUT2D eigenvalue weighted by atomic mass is 10.0. The Balaban J connectivity index is 2.71. The van der Waals surface area contributed by atoms with Crippen molar-refractivity contribution in [2.45, 2.75) is 98.3 Å². The summed E-state index contributed by atoms with van der Waals surface area (Å²) in [5.41, 5.74) is 1.32. The number of nitrogens with zero attached hydrogens (tertiary/aromatic N) is 4. The van der Waals surface area contributed by atoms with Crippen molar-refractivity contribution in [3.05, 3.63) is 34.2 Å². The Bertz CT molecular complexity index is 882. The highest BCUT2D eigenvalue weighted by Gasteiger charge is 2.32. The molecule has 0 bridgehead atoms. The quantitative estimate of drug-likeness (QED) is 0.360. The minimum Gasteiger partial charge on any atom is -0.349 e. The smallest absolute Gasteiger partial charge is 0.349 e. The van der Waals surface area contributed by atoms with Crippen LogP contribution in [0, 0.1) is 0 Å². The Morgan fingerprint density at radius 2 is 1.38 bits per heavy atom. The van der Waals surface area contributed by atoms with Crippen LogP contribution in [0.3, 0.4) is 0 Å². The molecule has 0 aromatic carbocycles. The summed E-state index contributed by atoms with van der Waals surface area (Å²) < 4.78 is 39.2. The van der Waals surface area contributed by atoms with E-state index in [0.717, 1.165) is 49.5 Å². The van der Waals surface area contributed by atoms with Crippen LogP contribution in [0.15, 0.2) is 12.3 Å². The molecule has 32 heavy (non-hydrogen) atoms. The molecule has 0 radical (unpaired) electrons. The molecule has 0 spiro atoms. The van der Waals surface area contributed by atoms with Crippen molar-refractivity contribution in [1.82, 2.24) is 15.0 Å². The molecule has 0 amide bonds. The fourth-order valence-electron chi connectivity index (χ4n) is 4.15. The van der Waals surface area contributed by atoms with Gasteiger partial charge in [-0.2, -0.15) is 13.2 Å². The predicted octanol–water partition coefficient (Wildman–Crippen LogP) is 7.52. The molecule has 0 N–H and O–H groups in total. The van der Waals surface area contributed by atoms with Crippen molar-refractivity contribution in [2.75, 3.05) is 4.90 Å². The number of rotatable bonds is 10. The molecule has 0 atom stereocenters. The topological polar surface area (TPSA) is 41.9 Å². The highest BCUT2D eigenvalue weighted by atomic mass is 35.5. The van der Waals surface area contributed by atoms with E-state index in [2.05, 4.69) is 37.6 Å². The van der Waals surface area contributed by atoms with Gasteiger partial charge in [-0.05, 0) is 44.6 Å². The number of halogens is 4. The second kappa shape index (κ2) is 11.3. The van der Waals surface area contributed by atoms with E-state index in [9.17, 15) is 13.2 Å². The van der Waals surface area contributed by atoms with Gasteiger partial charge < -0.3 is 4.90 Å². The molecule has 178 valence electrons. The van der Waals surface area contributed by atoms with Crippen LogP contribution in [0.1, 0.15) is 84.2 Å². The number of hydrogen-bond acceptors (Lipinski definition) is 4. The first-order valence-electron chi connectivity index (χ1n) is 11.6. The standard InChI is InChI=1S/C24H34ClF3N4/c1-7-16(8-2)32(17(9-3)10-4)23-20(12-6)30-22(19(11-5)31-23)21-18(25)13-15(14-29-21)24(26,27)28/h13-14,16-17H,7-12H2,1-6H3. The highest BCUT2D eigenvalue weighted by Crippen LogP contribution is 2.36. The lowest BCUT2D eigenvalue weighted by molar-refractivity contribution is -0.137. The van der Waals surface area contributed by atoms with Gasteiger partial charge in [0.1, 0.15) is 11.4 Å². The number of hydrogen-bond donors (Lipinski definition) is 0. The van der Waals surface area contributed by atoms with Crippen molar-refractivity contribution in [2.24, 2.45) is 0 Å². The van der Waals surface area contributed by atoms with Gasteiger partial charge in [0.15, 0.2) is 5.82 Å². The van der Waals surface area contributed by atoms with Crippen LogP contribution < -0.4 is 4.90 Å². The number of pyridine rings is 1. The summed E-state index contributed by atoms with van der Waals surface area (Å²) in [4.78, 5) is 16.4. The molecule has 0 aliphatic carbocycles. The van der Waals surface area contributed by atoms with E-state index in [1.54, 1.807) is 0 Å². The normalized spacial score (nSPS) is 12.1. The van der Waals surface area contributed by atoms with Crippen molar-refractivity contribution < 1.29 is 13.2 Å². The molecular formula is C24H34ClF3N4. The lowest BCUT2D eigenvalue weighted by Gasteiger charge is -2.39. The van der Waals surface area contributed by atoms with Gasteiger partial charge in [-0.1, -0.05) is 53.1 Å². The number of aryl methyl sites for hydroxylation is 2. The van der Waals surface area contributed by atoms with Gasteiger partial charge in [0.05, 0.1) is 22.0 Å². The van der Waals surface area contributed by atoms with E-state index in [0.29, 0.717) is 36.3 Å². The van der Waals surface area contributed by atoms with Crippen LogP contribution in [0.5, 0.6) is 0 Å². The van der Waals surface area contributed by atoms with Gasteiger partial charge in [0, 0.05) is 18.3 Å². The maximum Gasteiger partial charge on any atom is 0.417 e. The van der Waals surface area contributed by atoms with Crippen molar-refractivity contribution in [3.63, 3.8) is 0 Å². The van der Waals surface area contributed by atoms with Gasteiger partial charge in [0.2, 0.25) is 0 Å². The van der Waals surface area contributed by atoms with E-state index in [-0.39, 0.29) is 10.7 Å². The first-order valence-corrected chi connectivity index (χ1v) is 11.9. The Kier molecular flexibility index (Phi) is 9.31. The minimum absolute atomic E-state index is 0.0736. The van der Waals surface area contributed by atoms with Crippen LogP contribution in [0.4, 0.5) is 19.0 Å². The summed E-state index contributed by atoms with van der Waals surface area (Å²) in [5.74, 6) is 0.874. The number of alkyl halides is 3. The van der Waals surface area contributed by atoms with Crippen LogP contribution in [0.2, 0.25) is 5.02 Å². The van der Waals surface area contributed by atoms with Gasteiger partial charge in [-0.25, -0.2) is 9.97 Å². The van der Waals surface area contributed by atoms with Gasteiger partial charge in [-0.15, -0.1) is 0 Å². The minimum atomic E-state index is -4.50. The third kappa shape index (κ3) is 5.53. The second-order valence-electron chi connectivity index (χ2n) is 7.90. The first kappa shape index (κ1) is 26.4. The summed E-state index contributed by atoms with van der Waals surface area (Å²) in [6.07, 6.45) is 1.49. The van der Waals surface area contributed by atoms with Crippen LogP contribution >= 0.6 is 11.6 Å². The summed E-state index contributed by atoms with van der Waals surface area (Å²) in [5, 5.41) is -0.0736. The monoisotopic (exact) mass is 470 g/mol. The first-order chi connectivity index (χ1) is 15.2. The molecular weight excluding hydrogens is 437 g/mol. The third-order valence-corrected chi connectivity index (χ3v) is 6.29. The third-order valence-electron chi connectivity index (χ3n) is 6.00. The Morgan fingerprint density at radius 3 is 1.78 bits per heavy atom. The fraction of sp³-hybridized carbons (Fsp3) is 0.625. The van der Waals surface area contributed by atoms with Crippen molar-refractivity contribution in [3.8, 4) is 11.4 Å². The van der Waals surface area contributed by atoms with E-state index in [1.165, 1.54) is 0 Å². The van der Waals surface area contributed by atoms with Crippen molar-refractivity contribution >= 4 is 17.4 Å². The molecule has 2 aromatic heterocycles.